The number of esters is 1. The summed E-state index contributed by atoms with van der Waals surface area (Å²) < 4.78 is 10.1. The van der Waals surface area contributed by atoms with Gasteiger partial charge in [-0.3, -0.25) is 9.69 Å². The number of piperidine rings is 1. The lowest BCUT2D eigenvalue weighted by molar-refractivity contribution is -0.148. The Morgan fingerprint density at radius 3 is 2.68 bits per heavy atom. The highest BCUT2D eigenvalue weighted by atomic mass is 32.1. The topological polar surface area (TPSA) is 76.2 Å². The lowest BCUT2D eigenvalue weighted by Crippen LogP contribution is -2.52. The molecule has 8 heteroatoms. The second-order valence-electron chi connectivity index (χ2n) is 6.21. The van der Waals surface area contributed by atoms with Crippen molar-refractivity contribution >= 4 is 29.3 Å². The van der Waals surface area contributed by atoms with E-state index in [-0.39, 0.29) is 25.2 Å². The van der Waals surface area contributed by atoms with Gasteiger partial charge in [0.2, 0.25) is 0 Å². The van der Waals surface area contributed by atoms with E-state index in [2.05, 4.69) is 0 Å². The summed E-state index contributed by atoms with van der Waals surface area (Å²) in [6, 6.07) is 1.14. The molecule has 0 spiro atoms. The molecule has 1 aromatic rings. The van der Waals surface area contributed by atoms with Crippen molar-refractivity contribution < 1.29 is 23.9 Å². The fraction of sp³-hybridized carbons (Fsp3) is 0.588. The summed E-state index contributed by atoms with van der Waals surface area (Å²) in [5.41, 5.74) is 0.989. The van der Waals surface area contributed by atoms with Gasteiger partial charge in [-0.1, -0.05) is 0 Å². The number of carbonyl (C=O) groups excluding carboxylic acids is 3. The Hall–Kier alpha value is -2.09. The molecule has 1 atom stereocenters. The normalized spacial score (nSPS) is 21.4. The van der Waals surface area contributed by atoms with Crippen LogP contribution in [0.1, 0.15) is 35.0 Å². The summed E-state index contributed by atoms with van der Waals surface area (Å²) in [4.78, 5) is 40.8. The van der Waals surface area contributed by atoms with E-state index < -0.39 is 18.1 Å². The zero-order chi connectivity index (χ0) is 18.0. The number of ether oxygens (including phenoxy) is 2. The van der Waals surface area contributed by atoms with E-state index in [0.29, 0.717) is 25.9 Å². The van der Waals surface area contributed by atoms with Crippen LogP contribution in [0.5, 0.6) is 0 Å². The van der Waals surface area contributed by atoms with Gasteiger partial charge < -0.3 is 14.4 Å². The molecule has 0 N–H and O–H groups in total. The van der Waals surface area contributed by atoms with E-state index >= 15 is 0 Å². The molecule has 0 saturated carbocycles. The van der Waals surface area contributed by atoms with Crippen molar-refractivity contribution in [3.8, 4) is 0 Å². The van der Waals surface area contributed by atoms with Crippen molar-refractivity contribution in [2.45, 2.75) is 38.8 Å². The van der Waals surface area contributed by atoms with Gasteiger partial charge in [0.25, 0.3) is 5.91 Å². The molecule has 2 aliphatic rings. The summed E-state index contributed by atoms with van der Waals surface area (Å²) >= 11 is 1.45. The number of aryl methyl sites for hydroxylation is 1. The van der Waals surface area contributed by atoms with Crippen LogP contribution in [0.4, 0.5) is 4.79 Å². The van der Waals surface area contributed by atoms with E-state index in [1.165, 1.54) is 16.2 Å². The van der Waals surface area contributed by atoms with Gasteiger partial charge in [-0.05, 0) is 43.7 Å². The van der Waals surface area contributed by atoms with Crippen LogP contribution in [0.2, 0.25) is 0 Å². The number of nitrogens with zero attached hydrogens (tertiary/aromatic N) is 2. The van der Waals surface area contributed by atoms with E-state index in [9.17, 15) is 14.4 Å². The van der Waals surface area contributed by atoms with Crippen LogP contribution in [-0.4, -0.2) is 66.2 Å². The van der Waals surface area contributed by atoms with Crippen molar-refractivity contribution in [1.29, 1.82) is 0 Å². The molecular formula is C17H22N2O5S. The number of amides is 2. The van der Waals surface area contributed by atoms with Crippen LogP contribution < -0.4 is 0 Å². The minimum atomic E-state index is -0.681. The van der Waals surface area contributed by atoms with Gasteiger partial charge in [0, 0.05) is 19.1 Å². The maximum atomic E-state index is 12.6. The van der Waals surface area contributed by atoms with Crippen molar-refractivity contribution in [1.82, 2.24) is 9.80 Å². The van der Waals surface area contributed by atoms with E-state index in [1.807, 2.05) is 23.3 Å². The third kappa shape index (κ3) is 3.49. The van der Waals surface area contributed by atoms with Crippen LogP contribution in [0.25, 0.3) is 0 Å². The molecule has 3 rings (SSSR count). The zero-order valence-corrected chi connectivity index (χ0v) is 15.2. The monoisotopic (exact) mass is 366 g/mol. The molecular weight excluding hydrogens is 344 g/mol. The Labute approximate surface area is 150 Å². The second kappa shape index (κ2) is 7.43. The number of likely N-dealkylation sites (tertiary alicyclic amines) is 1. The predicted molar refractivity (Wildman–Crippen MR) is 91.6 cm³/mol. The fourth-order valence-corrected chi connectivity index (χ4v) is 4.23. The summed E-state index contributed by atoms with van der Waals surface area (Å²) in [6.45, 7) is 5.08. The highest BCUT2D eigenvalue weighted by Gasteiger charge is 2.44. The molecule has 0 aliphatic carbocycles. The number of thiophene rings is 1. The summed E-state index contributed by atoms with van der Waals surface area (Å²) in [6.07, 6.45) is 0.777. The first-order chi connectivity index (χ1) is 12.0. The molecule has 0 radical (unpaired) electrons. The van der Waals surface area contributed by atoms with Crippen molar-refractivity contribution in [2.75, 3.05) is 26.3 Å². The van der Waals surface area contributed by atoms with E-state index in [1.54, 1.807) is 6.92 Å². The number of cyclic esters (lactones) is 1. The largest absolute Gasteiger partial charge is 0.464 e. The average Bonchev–Trinajstić information content (AvgIpc) is 3.20. The Morgan fingerprint density at radius 1 is 1.36 bits per heavy atom. The van der Waals surface area contributed by atoms with Crippen LogP contribution in [0.15, 0.2) is 11.4 Å². The van der Waals surface area contributed by atoms with Crippen molar-refractivity contribution in [3.05, 3.63) is 21.9 Å². The molecule has 2 aliphatic heterocycles. The third-order valence-corrected chi connectivity index (χ3v) is 5.68. The highest BCUT2D eigenvalue weighted by Crippen LogP contribution is 2.26. The Kier molecular flexibility index (Phi) is 5.27. The first-order valence-electron chi connectivity index (χ1n) is 8.48. The van der Waals surface area contributed by atoms with Crippen LogP contribution in [0.3, 0.4) is 0 Å². The third-order valence-electron chi connectivity index (χ3n) is 4.67. The Balaban J connectivity index is 1.63. The molecule has 3 heterocycles. The molecule has 136 valence electrons. The molecule has 7 nitrogen and oxygen atoms in total. The van der Waals surface area contributed by atoms with Crippen molar-refractivity contribution in [2.24, 2.45) is 0 Å². The molecule has 2 fully saturated rings. The highest BCUT2D eigenvalue weighted by molar-refractivity contribution is 7.12. The Morgan fingerprint density at radius 2 is 2.08 bits per heavy atom. The standard InChI is InChI=1S/C17H22N2O5S/c1-3-23-16(21)13-10-24-17(22)19(13)12-4-7-18(8-5-12)15(20)14-11(2)6-9-25-14/h6,9,12-13H,3-5,7-8,10H2,1-2H3. The summed E-state index contributed by atoms with van der Waals surface area (Å²) in [7, 11) is 0. The number of rotatable bonds is 4. The Bertz CT molecular complexity index is 666. The molecule has 2 saturated heterocycles. The van der Waals surface area contributed by atoms with Gasteiger partial charge in [0.15, 0.2) is 6.04 Å². The minimum Gasteiger partial charge on any atom is -0.464 e. The summed E-state index contributed by atoms with van der Waals surface area (Å²) in [5, 5.41) is 1.92. The number of hydrogen-bond donors (Lipinski definition) is 0. The number of hydrogen-bond acceptors (Lipinski definition) is 6. The fourth-order valence-electron chi connectivity index (χ4n) is 3.34. The minimum absolute atomic E-state index is 0.0329. The van der Waals surface area contributed by atoms with Gasteiger partial charge in [-0.15, -0.1) is 11.3 Å². The first kappa shape index (κ1) is 17.7. The van der Waals surface area contributed by atoms with Gasteiger partial charge >= 0.3 is 12.1 Å². The van der Waals surface area contributed by atoms with Gasteiger partial charge in [-0.2, -0.15) is 0 Å². The van der Waals surface area contributed by atoms with E-state index in [4.69, 9.17) is 9.47 Å². The molecule has 0 bridgehead atoms. The molecule has 1 unspecified atom stereocenters. The molecule has 0 aromatic carbocycles. The lowest BCUT2D eigenvalue weighted by atomic mass is 10.0. The molecule has 2 amide bonds. The smallest absolute Gasteiger partial charge is 0.410 e. The number of carbonyl (C=O) groups is 3. The second-order valence-corrected chi connectivity index (χ2v) is 7.12. The quantitative estimate of drug-likeness (QED) is 0.762. The maximum absolute atomic E-state index is 12.6. The molecule has 25 heavy (non-hydrogen) atoms. The van der Waals surface area contributed by atoms with Gasteiger partial charge in [-0.25, -0.2) is 9.59 Å². The van der Waals surface area contributed by atoms with E-state index in [0.717, 1.165) is 10.4 Å². The zero-order valence-electron chi connectivity index (χ0n) is 14.4. The maximum Gasteiger partial charge on any atom is 0.410 e. The van der Waals surface area contributed by atoms with Crippen molar-refractivity contribution in [3.63, 3.8) is 0 Å². The van der Waals surface area contributed by atoms with Crippen LogP contribution in [0, 0.1) is 6.92 Å². The summed E-state index contributed by atoms with van der Waals surface area (Å²) in [5.74, 6) is -0.391. The van der Waals surface area contributed by atoms with Gasteiger partial charge in [0.05, 0.1) is 11.5 Å². The SMILES string of the molecule is CCOC(=O)C1COC(=O)N1C1CCN(C(=O)c2sccc2C)CC1. The van der Waals surface area contributed by atoms with Crippen LogP contribution in [-0.2, 0) is 14.3 Å². The average molecular weight is 366 g/mol. The van der Waals surface area contributed by atoms with Crippen LogP contribution >= 0.6 is 11.3 Å². The first-order valence-corrected chi connectivity index (χ1v) is 9.36. The lowest BCUT2D eigenvalue weighted by Gasteiger charge is -2.37. The molecule has 1 aromatic heterocycles. The predicted octanol–water partition coefficient (Wildman–Crippen LogP) is 2.05. The van der Waals surface area contributed by atoms with Gasteiger partial charge in [0.1, 0.15) is 6.61 Å².